The van der Waals surface area contributed by atoms with Crippen LogP contribution in [0.1, 0.15) is 30.4 Å². The largest absolute Gasteiger partial charge is 0.493 e. The maximum atomic E-state index is 5.92. The van der Waals surface area contributed by atoms with Crippen LogP contribution in [0.4, 0.5) is 0 Å². The number of methoxy groups -OCH3 is 2. The van der Waals surface area contributed by atoms with Crippen LogP contribution in [0, 0.1) is 6.92 Å². The predicted octanol–water partition coefficient (Wildman–Crippen LogP) is 2.61. The summed E-state index contributed by atoms with van der Waals surface area (Å²) >= 11 is 0. The average Bonchev–Trinajstić information content (AvgIpc) is 2.72. The summed E-state index contributed by atoms with van der Waals surface area (Å²) in [5, 5.41) is 3.41. The Morgan fingerprint density at radius 3 is 2.54 bits per heavy atom. The van der Waals surface area contributed by atoms with Crippen molar-refractivity contribution in [1.82, 2.24) is 10.2 Å². The summed E-state index contributed by atoms with van der Waals surface area (Å²) < 4.78 is 22.1. The van der Waals surface area contributed by atoms with E-state index in [9.17, 15) is 0 Å². The SMILES string of the molecule is CN=C(NCCCOC1CCOCC1)N(C)Cc1cc(OC)c(OC)cc1C. The molecule has 28 heavy (non-hydrogen) atoms. The molecule has 0 spiro atoms. The third-order valence-electron chi connectivity index (χ3n) is 4.95. The van der Waals surface area contributed by atoms with Crippen molar-refractivity contribution in [2.45, 2.75) is 38.8 Å². The van der Waals surface area contributed by atoms with Gasteiger partial charge in [-0.3, -0.25) is 4.99 Å². The number of aliphatic imine (C=N–C) groups is 1. The van der Waals surface area contributed by atoms with Crippen molar-refractivity contribution < 1.29 is 18.9 Å². The van der Waals surface area contributed by atoms with Crippen molar-refractivity contribution in [3.05, 3.63) is 23.3 Å². The van der Waals surface area contributed by atoms with Crippen LogP contribution in [0.2, 0.25) is 0 Å². The van der Waals surface area contributed by atoms with E-state index in [-0.39, 0.29) is 0 Å². The van der Waals surface area contributed by atoms with Gasteiger partial charge in [0.05, 0.1) is 20.3 Å². The van der Waals surface area contributed by atoms with Gasteiger partial charge in [0.1, 0.15) is 0 Å². The standard InChI is InChI=1S/C21H35N3O4/c1-16-13-19(25-4)20(26-5)14-17(16)15-24(3)21(22-2)23-9-6-10-28-18-7-11-27-12-8-18/h13-14,18H,6-12,15H2,1-5H3,(H,22,23). The number of hydrogen-bond donors (Lipinski definition) is 1. The van der Waals surface area contributed by atoms with Gasteiger partial charge in [0.15, 0.2) is 17.5 Å². The van der Waals surface area contributed by atoms with E-state index in [1.54, 1.807) is 21.3 Å². The quantitative estimate of drug-likeness (QED) is 0.395. The highest BCUT2D eigenvalue weighted by molar-refractivity contribution is 5.79. The first-order valence-electron chi connectivity index (χ1n) is 9.91. The highest BCUT2D eigenvalue weighted by Crippen LogP contribution is 2.30. The van der Waals surface area contributed by atoms with Gasteiger partial charge < -0.3 is 29.2 Å². The van der Waals surface area contributed by atoms with Gasteiger partial charge in [-0.25, -0.2) is 0 Å². The molecule has 0 amide bonds. The molecular formula is C21H35N3O4. The molecule has 1 aliphatic rings. The van der Waals surface area contributed by atoms with Gasteiger partial charge in [-0.2, -0.15) is 0 Å². The van der Waals surface area contributed by atoms with E-state index in [1.165, 1.54) is 5.56 Å². The monoisotopic (exact) mass is 393 g/mol. The fourth-order valence-electron chi connectivity index (χ4n) is 3.27. The third-order valence-corrected chi connectivity index (χ3v) is 4.95. The number of benzene rings is 1. The van der Waals surface area contributed by atoms with E-state index >= 15 is 0 Å². The Balaban J connectivity index is 1.80. The number of rotatable bonds is 9. The highest BCUT2D eigenvalue weighted by atomic mass is 16.5. The molecule has 0 bridgehead atoms. The van der Waals surface area contributed by atoms with E-state index in [1.807, 2.05) is 19.2 Å². The van der Waals surface area contributed by atoms with Crippen LogP contribution in [-0.4, -0.2) is 71.6 Å². The van der Waals surface area contributed by atoms with E-state index in [0.717, 1.165) is 75.2 Å². The molecule has 0 radical (unpaired) electrons. The maximum Gasteiger partial charge on any atom is 0.193 e. The predicted molar refractivity (Wildman–Crippen MR) is 112 cm³/mol. The number of guanidine groups is 1. The summed E-state index contributed by atoms with van der Waals surface area (Å²) in [7, 11) is 7.15. The molecule has 0 unspecified atom stereocenters. The minimum Gasteiger partial charge on any atom is -0.493 e. The van der Waals surface area contributed by atoms with Gasteiger partial charge in [0.2, 0.25) is 0 Å². The Morgan fingerprint density at radius 1 is 1.21 bits per heavy atom. The van der Waals surface area contributed by atoms with E-state index in [4.69, 9.17) is 18.9 Å². The highest BCUT2D eigenvalue weighted by Gasteiger charge is 2.14. The van der Waals surface area contributed by atoms with Crippen LogP contribution in [0.5, 0.6) is 11.5 Å². The maximum absolute atomic E-state index is 5.92. The lowest BCUT2D eigenvalue weighted by Gasteiger charge is -2.24. The summed E-state index contributed by atoms with van der Waals surface area (Å²) in [5.74, 6) is 2.35. The lowest BCUT2D eigenvalue weighted by atomic mass is 10.1. The van der Waals surface area contributed by atoms with Crippen LogP contribution < -0.4 is 14.8 Å². The van der Waals surface area contributed by atoms with Crippen LogP contribution in [-0.2, 0) is 16.0 Å². The smallest absolute Gasteiger partial charge is 0.193 e. The summed E-state index contributed by atoms with van der Waals surface area (Å²) in [5.41, 5.74) is 2.33. The number of ether oxygens (including phenoxy) is 4. The molecular weight excluding hydrogens is 358 g/mol. The van der Waals surface area contributed by atoms with Gasteiger partial charge in [-0.15, -0.1) is 0 Å². The number of hydrogen-bond acceptors (Lipinski definition) is 5. The molecule has 0 aliphatic carbocycles. The Bertz CT molecular complexity index is 630. The van der Waals surface area contributed by atoms with Gasteiger partial charge in [0.25, 0.3) is 0 Å². The van der Waals surface area contributed by atoms with Gasteiger partial charge in [-0.05, 0) is 49.4 Å². The van der Waals surface area contributed by atoms with E-state index < -0.39 is 0 Å². The average molecular weight is 394 g/mol. The van der Waals surface area contributed by atoms with Gasteiger partial charge >= 0.3 is 0 Å². The second-order valence-corrected chi connectivity index (χ2v) is 7.00. The van der Waals surface area contributed by atoms with Crippen molar-refractivity contribution in [3.63, 3.8) is 0 Å². The summed E-state index contributed by atoms with van der Waals surface area (Å²) in [4.78, 5) is 6.50. The molecule has 1 heterocycles. The second kappa shape index (κ2) is 11.8. The molecule has 1 fully saturated rings. The lowest BCUT2D eigenvalue weighted by molar-refractivity contribution is -0.0320. The number of aryl methyl sites for hydroxylation is 1. The van der Waals surface area contributed by atoms with Gasteiger partial charge in [0, 0.05) is 47.0 Å². The first-order chi connectivity index (χ1) is 13.6. The fourth-order valence-corrected chi connectivity index (χ4v) is 3.27. The first kappa shape index (κ1) is 22.3. The first-order valence-corrected chi connectivity index (χ1v) is 9.91. The van der Waals surface area contributed by atoms with Crippen molar-refractivity contribution in [2.24, 2.45) is 4.99 Å². The fraction of sp³-hybridized carbons (Fsp3) is 0.667. The normalized spacial score (nSPS) is 15.4. The zero-order valence-electron chi connectivity index (χ0n) is 17.9. The zero-order chi connectivity index (χ0) is 20.4. The van der Waals surface area contributed by atoms with Crippen molar-refractivity contribution >= 4 is 5.96 Å². The van der Waals surface area contributed by atoms with E-state index in [0.29, 0.717) is 6.10 Å². The molecule has 7 nitrogen and oxygen atoms in total. The summed E-state index contributed by atoms with van der Waals surface area (Å²) in [6.07, 6.45) is 3.30. The van der Waals surface area contributed by atoms with Crippen LogP contribution in [0.25, 0.3) is 0 Å². The number of nitrogens with zero attached hydrogens (tertiary/aromatic N) is 2. The molecule has 1 aliphatic heterocycles. The minimum atomic E-state index is 0.351. The van der Waals surface area contributed by atoms with Crippen molar-refractivity contribution in [2.75, 3.05) is 54.7 Å². The number of nitrogens with one attached hydrogen (secondary N) is 1. The van der Waals surface area contributed by atoms with Crippen molar-refractivity contribution in [1.29, 1.82) is 0 Å². The molecule has 1 aromatic carbocycles. The topological polar surface area (TPSA) is 64.6 Å². The molecule has 0 atom stereocenters. The summed E-state index contributed by atoms with van der Waals surface area (Å²) in [6.45, 7) is 6.02. The molecule has 2 rings (SSSR count). The molecule has 158 valence electrons. The molecule has 7 heteroatoms. The lowest BCUT2D eigenvalue weighted by Crippen LogP contribution is -2.39. The minimum absolute atomic E-state index is 0.351. The Labute approximate surface area is 169 Å². The molecule has 1 N–H and O–H groups in total. The molecule has 1 aromatic rings. The van der Waals surface area contributed by atoms with Crippen LogP contribution in [0.3, 0.4) is 0 Å². The molecule has 0 aromatic heterocycles. The van der Waals surface area contributed by atoms with Crippen LogP contribution >= 0.6 is 0 Å². The van der Waals surface area contributed by atoms with Crippen molar-refractivity contribution in [3.8, 4) is 11.5 Å². The Hall–Kier alpha value is -1.99. The Morgan fingerprint density at radius 2 is 1.89 bits per heavy atom. The second-order valence-electron chi connectivity index (χ2n) is 7.00. The summed E-state index contributed by atoms with van der Waals surface area (Å²) in [6, 6.07) is 4.03. The molecule has 1 saturated heterocycles. The van der Waals surface area contributed by atoms with E-state index in [2.05, 4.69) is 22.1 Å². The van der Waals surface area contributed by atoms with Gasteiger partial charge in [-0.1, -0.05) is 0 Å². The van der Waals surface area contributed by atoms with Crippen LogP contribution in [0.15, 0.2) is 17.1 Å². The zero-order valence-corrected chi connectivity index (χ0v) is 17.9. The Kier molecular flexibility index (Phi) is 9.37. The third kappa shape index (κ3) is 6.56. The molecule has 0 saturated carbocycles.